The van der Waals surface area contributed by atoms with E-state index in [4.69, 9.17) is 9.84 Å². The summed E-state index contributed by atoms with van der Waals surface area (Å²) in [7, 11) is 0. The number of hydrogen-bond acceptors (Lipinski definition) is 4. The molecule has 1 aromatic carbocycles. The Balaban J connectivity index is 1.82. The highest BCUT2D eigenvalue weighted by Crippen LogP contribution is 2.17. The van der Waals surface area contributed by atoms with Gasteiger partial charge in [-0.2, -0.15) is 0 Å². The highest BCUT2D eigenvalue weighted by Gasteiger charge is 2.24. The van der Waals surface area contributed by atoms with Crippen LogP contribution in [0.25, 0.3) is 0 Å². The molecule has 0 bridgehead atoms. The van der Waals surface area contributed by atoms with Gasteiger partial charge in [0.2, 0.25) is 0 Å². The van der Waals surface area contributed by atoms with Crippen LogP contribution >= 0.6 is 0 Å². The van der Waals surface area contributed by atoms with E-state index in [2.05, 4.69) is 4.98 Å². The minimum atomic E-state index is -1.08. The Morgan fingerprint density at radius 1 is 1.24 bits per heavy atom. The number of rotatable bonds is 6. The maximum absolute atomic E-state index is 12.9. The van der Waals surface area contributed by atoms with Crippen LogP contribution in [0.2, 0.25) is 0 Å². The van der Waals surface area contributed by atoms with Crippen LogP contribution in [-0.2, 0) is 11.3 Å². The molecule has 1 aromatic heterocycles. The molecule has 1 aliphatic rings. The zero-order valence-electron chi connectivity index (χ0n) is 13.8. The van der Waals surface area contributed by atoms with Crippen molar-refractivity contribution >= 4 is 11.9 Å². The van der Waals surface area contributed by atoms with Crippen molar-refractivity contribution in [3.05, 3.63) is 65.5 Å². The molecule has 1 N–H and O–H groups in total. The molecule has 1 saturated heterocycles. The zero-order valence-corrected chi connectivity index (χ0v) is 13.8. The summed E-state index contributed by atoms with van der Waals surface area (Å²) in [5, 5.41) is 9.12. The average molecular weight is 340 g/mol. The fraction of sp³-hybridized carbons (Fsp3) is 0.316. The minimum absolute atomic E-state index is 0.00955. The van der Waals surface area contributed by atoms with E-state index in [0.717, 1.165) is 18.4 Å². The molecular formula is C19H20N2O4. The first-order chi connectivity index (χ1) is 12.1. The van der Waals surface area contributed by atoms with Crippen molar-refractivity contribution < 1.29 is 19.4 Å². The topological polar surface area (TPSA) is 79.7 Å². The molecule has 1 amide bonds. The van der Waals surface area contributed by atoms with Gasteiger partial charge in [-0.05, 0) is 30.5 Å². The number of carbonyl (C=O) groups is 2. The summed E-state index contributed by atoms with van der Waals surface area (Å²) in [4.78, 5) is 29.8. The lowest BCUT2D eigenvalue weighted by Gasteiger charge is -2.25. The van der Waals surface area contributed by atoms with Gasteiger partial charge in [-0.1, -0.05) is 30.3 Å². The smallest absolute Gasteiger partial charge is 0.335 e. The van der Waals surface area contributed by atoms with Crippen LogP contribution in [0.5, 0.6) is 0 Å². The van der Waals surface area contributed by atoms with Gasteiger partial charge in [0.15, 0.2) is 0 Å². The van der Waals surface area contributed by atoms with Crippen LogP contribution in [-0.4, -0.2) is 46.1 Å². The first-order valence-electron chi connectivity index (χ1n) is 8.27. The van der Waals surface area contributed by atoms with Crippen molar-refractivity contribution in [1.82, 2.24) is 9.88 Å². The van der Waals surface area contributed by atoms with E-state index >= 15 is 0 Å². The molecule has 1 fully saturated rings. The number of ether oxygens (including phenoxy) is 1. The van der Waals surface area contributed by atoms with E-state index in [-0.39, 0.29) is 23.3 Å². The number of amides is 1. The van der Waals surface area contributed by atoms with Crippen molar-refractivity contribution in [2.45, 2.75) is 25.5 Å². The molecule has 2 heterocycles. The van der Waals surface area contributed by atoms with Crippen LogP contribution < -0.4 is 0 Å². The number of nitrogens with zero attached hydrogens (tertiary/aromatic N) is 2. The summed E-state index contributed by atoms with van der Waals surface area (Å²) < 4.78 is 5.66. The number of aromatic nitrogens is 1. The van der Waals surface area contributed by atoms with E-state index in [1.807, 2.05) is 30.3 Å². The van der Waals surface area contributed by atoms with E-state index in [9.17, 15) is 9.59 Å². The van der Waals surface area contributed by atoms with Gasteiger partial charge in [0.25, 0.3) is 5.91 Å². The summed E-state index contributed by atoms with van der Waals surface area (Å²) in [6.45, 7) is 1.61. The SMILES string of the molecule is O=C(O)c1ccnc(C(=O)N(Cc2ccccc2)CC2CCCO2)c1. The first kappa shape index (κ1) is 17.1. The van der Waals surface area contributed by atoms with Gasteiger partial charge in [0.05, 0.1) is 11.7 Å². The Morgan fingerprint density at radius 2 is 2.04 bits per heavy atom. The number of hydrogen-bond donors (Lipinski definition) is 1. The fourth-order valence-electron chi connectivity index (χ4n) is 2.90. The Bertz CT molecular complexity index is 742. The Kier molecular flexibility index (Phi) is 5.40. The molecule has 3 rings (SSSR count). The van der Waals surface area contributed by atoms with Crippen LogP contribution in [0.4, 0.5) is 0 Å². The monoisotopic (exact) mass is 340 g/mol. The molecule has 0 spiro atoms. The largest absolute Gasteiger partial charge is 0.478 e. The Hall–Kier alpha value is -2.73. The molecule has 1 unspecified atom stereocenters. The lowest BCUT2D eigenvalue weighted by Crippen LogP contribution is -2.37. The average Bonchev–Trinajstić information content (AvgIpc) is 3.14. The normalized spacial score (nSPS) is 16.6. The second-order valence-corrected chi connectivity index (χ2v) is 6.04. The van der Waals surface area contributed by atoms with Gasteiger partial charge < -0.3 is 14.7 Å². The summed E-state index contributed by atoms with van der Waals surface area (Å²) in [6.07, 6.45) is 3.27. The van der Waals surface area contributed by atoms with Crippen LogP contribution in [0, 0.1) is 0 Å². The summed E-state index contributed by atoms with van der Waals surface area (Å²) in [6, 6.07) is 12.4. The molecular weight excluding hydrogens is 320 g/mol. The van der Waals surface area contributed by atoms with Gasteiger partial charge in [-0.3, -0.25) is 9.78 Å². The second kappa shape index (κ2) is 7.90. The highest BCUT2D eigenvalue weighted by molar-refractivity contribution is 5.95. The molecule has 6 nitrogen and oxygen atoms in total. The number of carbonyl (C=O) groups excluding carboxylic acids is 1. The van der Waals surface area contributed by atoms with Crippen molar-refractivity contribution in [2.75, 3.05) is 13.2 Å². The zero-order chi connectivity index (χ0) is 17.6. The summed E-state index contributed by atoms with van der Waals surface area (Å²) >= 11 is 0. The van der Waals surface area contributed by atoms with Crippen molar-refractivity contribution in [3.63, 3.8) is 0 Å². The van der Waals surface area contributed by atoms with Gasteiger partial charge in [0, 0.05) is 25.9 Å². The van der Waals surface area contributed by atoms with Crippen molar-refractivity contribution in [2.24, 2.45) is 0 Å². The quantitative estimate of drug-likeness (QED) is 0.874. The molecule has 0 aliphatic carbocycles. The van der Waals surface area contributed by atoms with E-state index in [1.165, 1.54) is 18.3 Å². The summed E-state index contributed by atoms with van der Waals surface area (Å²) in [5.41, 5.74) is 1.19. The van der Waals surface area contributed by atoms with Gasteiger partial charge in [-0.15, -0.1) is 0 Å². The fourth-order valence-corrected chi connectivity index (χ4v) is 2.90. The predicted molar refractivity (Wildman–Crippen MR) is 91.4 cm³/mol. The number of carboxylic acids is 1. The molecule has 25 heavy (non-hydrogen) atoms. The molecule has 0 radical (unpaired) electrons. The molecule has 130 valence electrons. The van der Waals surface area contributed by atoms with Crippen LogP contribution in [0.15, 0.2) is 48.7 Å². The highest BCUT2D eigenvalue weighted by atomic mass is 16.5. The van der Waals surface area contributed by atoms with Gasteiger partial charge in [0.1, 0.15) is 5.69 Å². The van der Waals surface area contributed by atoms with Gasteiger partial charge in [-0.25, -0.2) is 4.79 Å². The van der Waals surface area contributed by atoms with Crippen molar-refractivity contribution in [1.29, 1.82) is 0 Å². The molecule has 6 heteroatoms. The minimum Gasteiger partial charge on any atom is -0.478 e. The predicted octanol–water partition coefficient (Wildman–Crippen LogP) is 2.60. The standard InChI is InChI=1S/C19H20N2O4/c22-18(17-11-15(19(23)24)8-9-20-17)21(13-16-7-4-10-25-16)12-14-5-2-1-3-6-14/h1-3,5-6,8-9,11,16H,4,7,10,12-13H2,(H,23,24). The number of carboxylic acid groups (broad SMARTS) is 1. The molecule has 2 aromatic rings. The lowest BCUT2D eigenvalue weighted by atomic mass is 10.1. The second-order valence-electron chi connectivity index (χ2n) is 6.04. The first-order valence-corrected chi connectivity index (χ1v) is 8.27. The van der Waals surface area contributed by atoms with Crippen LogP contribution in [0.3, 0.4) is 0 Å². The number of pyridine rings is 1. The number of benzene rings is 1. The maximum Gasteiger partial charge on any atom is 0.335 e. The summed E-state index contributed by atoms with van der Waals surface area (Å²) in [5.74, 6) is -1.37. The van der Waals surface area contributed by atoms with Crippen LogP contribution in [0.1, 0.15) is 39.3 Å². The van der Waals surface area contributed by atoms with Crippen molar-refractivity contribution in [3.8, 4) is 0 Å². The third-order valence-electron chi connectivity index (χ3n) is 4.18. The molecule has 1 atom stereocenters. The van der Waals surface area contributed by atoms with E-state index < -0.39 is 5.97 Å². The molecule has 1 aliphatic heterocycles. The van der Waals surface area contributed by atoms with E-state index in [0.29, 0.717) is 19.7 Å². The van der Waals surface area contributed by atoms with E-state index in [1.54, 1.807) is 4.90 Å². The number of aromatic carboxylic acids is 1. The molecule has 0 saturated carbocycles. The third kappa shape index (κ3) is 4.42. The maximum atomic E-state index is 12.9. The lowest BCUT2D eigenvalue weighted by molar-refractivity contribution is 0.0503. The van der Waals surface area contributed by atoms with Gasteiger partial charge >= 0.3 is 5.97 Å². The third-order valence-corrected chi connectivity index (χ3v) is 4.18. The Labute approximate surface area is 146 Å². The Morgan fingerprint density at radius 3 is 2.72 bits per heavy atom.